The highest BCUT2D eigenvalue weighted by Gasteiger charge is 2.09. The summed E-state index contributed by atoms with van der Waals surface area (Å²) < 4.78 is 11.5. The minimum absolute atomic E-state index is 0.204. The van der Waals surface area contributed by atoms with E-state index in [1.807, 2.05) is 54.6 Å². The van der Waals surface area contributed by atoms with Crippen LogP contribution in [0.1, 0.15) is 24.8 Å². The molecule has 1 saturated heterocycles. The first-order chi connectivity index (χ1) is 12.8. The zero-order chi connectivity index (χ0) is 18.0. The highest BCUT2D eigenvalue weighted by Crippen LogP contribution is 2.18. The lowest BCUT2D eigenvalue weighted by atomic mass is 10.1. The first kappa shape index (κ1) is 18.3. The highest BCUT2D eigenvalue weighted by molar-refractivity contribution is 6.01. The Hall–Kier alpha value is -2.53. The van der Waals surface area contributed by atoms with Crippen LogP contribution in [0.2, 0.25) is 0 Å². The van der Waals surface area contributed by atoms with E-state index in [1.165, 1.54) is 32.4 Å². The van der Waals surface area contributed by atoms with Crippen molar-refractivity contribution in [2.24, 2.45) is 5.16 Å². The van der Waals surface area contributed by atoms with Crippen molar-refractivity contribution < 1.29 is 14.7 Å². The molecule has 0 unspecified atom stereocenters. The molecular formula is C21H26N2O3. The van der Waals surface area contributed by atoms with Gasteiger partial charge in [0.1, 0.15) is 30.4 Å². The van der Waals surface area contributed by atoms with Gasteiger partial charge in [0.2, 0.25) is 0 Å². The van der Waals surface area contributed by atoms with Crippen molar-refractivity contribution in [2.45, 2.75) is 19.3 Å². The fraction of sp³-hybridized carbons (Fsp3) is 0.381. The van der Waals surface area contributed by atoms with Crippen LogP contribution in [0.3, 0.4) is 0 Å². The number of ether oxygens (including phenoxy) is 2. The van der Waals surface area contributed by atoms with Crippen LogP contribution in [0.15, 0.2) is 59.8 Å². The van der Waals surface area contributed by atoms with Crippen LogP contribution in [0.4, 0.5) is 0 Å². The Morgan fingerprint density at radius 3 is 2.19 bits per heavy atom. The van der Waals surface area contributed by atoms with Gasteiger partial charge in [-0.2, -0.15) is 0 Å². The van der Waals surface area contributed by atoms with Crippen LogP contribution in [0.25, 0.3) is 0 Å². The molecular weight excluding hydrogens is 328 g/mol. The molecule has 0 aliphatic carbocycles. The van der Waals surface area contributed by atoms with Gasteiger partial charge in [-0.3, -0.25) is 4.90 Å². The molecule has 0 radical (unpaired) electrons. The van der Waals surface area contributed by atoms with Crippen molar-refractivity contribution in [3.8, 4) is 11.5 Å². The second-order valence-corrected chi connectivity index (χ2v) is 6.42. The predicted octanol–water partition coefficient (Wildman–Crippen LogP) is 3.81. The van der Waals surface area contributed by atoms with Crippen LogP contribution in [0, 0.1) is 0 Å². The van der Waals surface area contributed by atoms with E-state index in [9.17, 15) is 5.21 Å². The van der Waals surface area contributed by atoms with E-state index >= 15 is 0 Å². The molecule has 2 aromatic rings. The standard InChI is InChI=1S/C21H26N2O3/c24-22-21(18-7-3-1-4-8-18)17-26-20-11-9-19(10-12-20)25-16-15-23-13-5-2-6-14-23/h1,3-4,7-12,24H,2,5-6,13-17H2/b22-21+. The molecule has 3 rings (SSSR count). The van der Waals surface area contributed by atoms with E-state index in [4.69, 9.17) is 9.47 Å². The van der Waals surface area contributed by atoms with Crippen LogP contribution in [0.5, 0.6) is 11.5 Å². The van der Waals surface area contributed by atoms with Crippen LogP contribution < -0.4 is 9.47 Å². The van der Waals surface area contributed by atoms with Gasteiger partial charge in [-0.25, -0.2) is 0 Å². The van der Waals surface area contributed by atoms with Gasteiger partial charge < -0.3 is 14.7 Å². The fourth-order valence-corrected chi connectivity index (χ4v) is 3.06. The van der Waals surface area contributed by atoms with E-state index < -0.39 is 0 Å². The third kappa shape index (κ3) is 5.49. The van der Waals surface area contributed by atoms with Crippen LogP contribution in [-0.2, 0) is 0 Å². The maximum Gasteiger partial charge on any atom is 0.134 e. The molecule has 0 spiro atoms. The SMILES string of the molecule is O/N=C(\COc1ccc(OCCN2CCCCC2)cc1)c1ccccc1. The lowest BCUT2D eigenvalue weighted by Crippen LogP contribution is -2.33. The van der Waals surface area contributed by atoms with Gasteiger partial charge in [0.15, 0.2) is 0 Å². The van der Waals surface area contributed by atoms with Gasteiger partial charge in [-0.05, 0) is 50.2 Å². The average molecular weight is 354 g/mol. The fourth-order valence-electron chi connectivity index (χ4n) is 3.06. The molecule has 1 aliphatic rings. The Bertz CT molecular complexity index is 680. The summed E-state index contributed by atoms with van der Waals surface area (Å²) >= 11 is 0. The summed E-state index contributed by atoms with van der Waals surface area (Å²) in [5.41, 5.74) is 1.33. The van der Waals surface area contributed by atoms with E-state index in [2.05, 4.69) is 10.1 Å². The van der Waals surface area contributed by atoms with E-state index in [-0.39, 0.29) is 6.61 Å². The van der Waals surface area contributed by atoms with Crippen molar-refractivity contribution in [1.29, 1.82) is 0 Å². The zero-order valence-corrected chi connectivity index (χ0v) is 15.0. The first-order valence-electron chi connectivity index (χ1n) is 9.19. The number of oxime groups is 1. The normalized spacial score (nSPS) is 15.6. The molecule has 2 aromatic carbocycles. The van der Waals surface area contributed by atoms with Crippen LogP contribution >= 0.6 is 0 Å². The molecule has 138 valence electrons. The summed E-state index contributed by atoms with van der Waals surface area (Å²) in [6, 6.07) is 17.0. The van der Waals surface area contributed by atoms with Crippen molar-refractivity contribution >= 4 is 5.71 Å². The van der Waals surface area contributed by atoms with Crippen molar-refractivity contribution in [2.75, 3.05) is 32.8 Å². The molecule has 0 atom stereocenters. The quantitative estimate of drug-likeness (QED) is 0.445. The monoisotopic (exact) mass is 354 g/mol. The van der Waals surface area contributed by atoms with Crippen LogP contribution in [-0.4, -0.2) is 48.7 Å². The Labute approximate surface area is 154 Å². The molecule has 1 N–H and O–H groups in total. The Kier molecular flexibility index (Phi) is 6.90. The van der Waals surface area contributed by atoms with Gasteiger partial charge >= 0.3 is 0 Å². The molecule has 1 fully saturated rings. The summed E-state index contributed by atoms with van der Waals surface area (Å²) in [6.07, 6.45) is 3.95. The molecule has 0 bridgehead atoms. The maximum absolute atomic E-state index is 9.19. The topological polar surface area (TPSA) is 54.3 Å². The van der Waals surface area contributed by atoms with Gasteiger partial charge in [-0.15, -0.1) is 0 Å². The maximum atomic E-state index is 9.19. The van der Waals surface area contributed by atoms with Crippen molar-refractivity contribution in [3.63, 3.8) is 0 Å². The Morgan fingerprint density at radius 1 is 0.885 bits per heavy atom. The summed E-state index contributed by atoms with van der Waals surface area (Å²) in [6.45, 7) is 4.26. The van der Waals surface area contributed by atoms with E-state index in [0.29, 0.717) is 18.1 Å². The minimum atomic E-state index is 0.204. The van der Waals surface area contributed by atoms with Crippen molar-refractivity contribution in [3.05, 3.63) is 60.2 Å². The molecule has 1 heterocycles. The number of hydrogen-bond donors (Lipinski definition) is 1. The molecule has 0 aromatic heterocycles. The van der Waals surface area contributed by atoms with Gasteiger partial charge in [-0.1, -0.05) is 41.9 Å². The molecule has 1 aliphatic heterocycles. The third-order valence-electron chi connectivity index (χ3n) is 4.55. The summed E-state index contributed by atoms with van der Waals surface area (Å²) in [4.78, 5) is 2.46. The Morgan fingerprint density at radius 2 is 1.54 bits per heavy atom. The van der Waals surface area contributed by atoms with Gasteiger partial charge in [0, 0.05) is 12.1 Å². The summed E-state index contributed by atoms with van der Waals surface area (Å²) in [7, 11) is 0. The number of rotatable bonds is 8. The average Bonchev–Trinajstić information content (AvgIpc) is 2.71. The van der Waals surface area contributed by atoms with E-state index in [1.54, 1.807) is 0 Å². The largest absolute Gasteiger partial charge is 0.492 e. The molecule has 5 heteroatoms. The van der Waals surface area contributed by atoms with Crippen molar-refractivity contribution in [1.82, 2.24) is 4.90 Å². The molecule has 5 nitrogen and oxygen atoms in total. The second-order valence-electron chi connectivity index (χ2n) is 6.42. The second kappa shape index (κ2) is 9.82. The lowest BCUT2D eigenvalue weighted by Gasteiger charge is -2.26. The van der Waals surface area contributed by atoms with Gasteiger partial charge in [0.25, 0.3) is 0 Å². The first-order valence-corrected chi connectivity index (χ1v) is 9.19. The number of likely N-dealkylation sites (tertiary alicyclic amines) is 1. The summed E-state index contributed by atoms with van der Waals surface area (Å²) in [5, 5.41) is 12.5. The molecule has 0 amide bonds. The third-order valence-corrected chi connectivity index (χ3v) is 4.55. The highest BCUT2D eigenvalue weighted by atomic mass is 16.5. The van der Waals surface area contributed by atoms with Gasteiger partial charge in [0.05, 0.1) is 0 Å². The Balaban J connectivity index is 1.43. The lowest BCUT2D eigenvalue weighted by molar-refractivity contribution is 0.183. The number of nitrogens with zero attached hydrogens (tertiary/aromatic N) is 2. The smallest absolute Gasteiger partial charge is 0.134 e. The number of hydrogen-bond acceptors (Lipinski definition) is 5. The minimum Gasteiger partial charge on any atom is -0.492 e. The number of benzene rings is 2. The summed E-state index contributed by atoms with van der Waals surface area (Å²) in [5.74, 6) is 1.55. The molecule has 26 heavy (non-hydrogen) atoms. The zero-order valence-electron chi connectivity index (χ0n) is 15.0. The van der Waals surface area contributed by atoms with E-state index in [0.717, 1.165) is 17.9 Å². The predicted molar refractivity (Wildman–Crippen MR) is 102 cm³/mol. The molecule has 0 saturated carbocycles. The number of piperidine rings is 1.